The molecule has 0 heterocycles. The number of rotatable bonds is 6. The predicted molar refractivity (Wildman–Crippen MR) is 81.7 cm³/mol. The fourth-order valence-electron chi connectivity index (χ4n) is 1.99. The molecule has 0 radical (unpaired) electrons. The van der Waals surface area contributed by atoms with Crippen LogP contribution in [0.5, 0.6) is 5.75 Å². The van der Waals surface area contributed by atoms with Crippen LogP contribution in [0, 0.1) is 0 Å². The molecule has 7 heteroatoms. The number of carboxylic acids is 2. The van der Waals surface area contributed by atoms with Crippen molar-refractivity contribution in [3.05, 3.63) is 65.7 Å². The van der Waals surface area contributed by atoms with E-state index in [-0.39, 0.29) is 17.9 Å². The summed E-state index contributed by atoms with van der Waals surface area (Å²) in [6.45, 7) is 0.0201. The smallest absolute Gasteiger partial charge is 0.480 e. The number of ether oxygens (including phenoxy) is 2. The summed E-state index contributed by atoms with van der Waals surface area (Å²) in [6, 6.07) is 14.3. The predicted octanol–water partition coefficient (Wildman–Crippen LogP) is 2.65. The van der Waals surface area contributed by atoms with Gasteiger partial charge in [-0.3, -0.25) is 9.59 Å². The number of hydrogen-bond acceptors (Lipinski definition) is 5. The fraction of sp³-hybridized carbons (Fsp3) is 0.118. The monoisotopic (exact) mass is 330 g/mol. The van der Waals surface area contributed by atoms with Gasteiger partial charge in [0.15, 0.2) is 5.92 Å². The highest BCUT2D eigenvalue weighted by atomic mass is 16.7. The van der Waals surface area contributed by atoms with E-state index in [4.69, 9.17) is 19.7 Å². The van der Waals surface area contributed by atoms with E-state index < -0.39 is 24.0 Å². The molecule has 0 saturated carbocycles. The molecule has 124 valence electrons. The van der Waals surface area contributed by atoms with Gasteiger partial charge < -0.3 is 19.7 Å². The minimum absolute atomic E-state index is 0.00179. The quantitative estimate of drug-likeness (QED) is 0.476. The molecule has 0 amide bonds. The lowest BCUT2D eigenvalue weighted by molar-refractivity contribution is -0.150. The minimum Gasteiger partial charge on any atom is -0.480 e. The summed E-state index contributed by atoms with van der Waals surface area (Å²) < 4.78 is 9.87. The molecule has 24 heavy (non-hydrogen) atoms. The Morgan fingerprint density at radius 1 is 0.917 bits per heavy atom. The first kappa shape index (κ1) is 17.0. The molecule has 2 aromatic rings. The van der Waals surface area contributed by atoms with Gasteiger partial charge in [0, 0.05) is 0 Å². The first-order chi connectivity index (χ1) is 11.5. The van der Waals surface area contributed by atoms with Crippen LogP contribution in [0.25, 0.3) is 0 Å². The van der Waals surface area contributed by atoms with Gasteiger partial charge >= 0.3 is 18.1 Å². The second kappa shape index (κ2) is 7.77. The molecule has 2 aromatic carbocycles. The SMILES string of the molecule is O=C(OCc1ccccc1)Oc1cccc(C(C(=O)O)C(=O)O)c1. The Kier molecular flexibility index (Phi) is 5.51. The van der Waals surface area contributed by atoms with E-state index in [2.05, 4.69) is 0 Å². The van der Waals surface area contributed by atoms with Gasteiger partial charge in [-0.25, -0.2) is 4.79 Å². The summed E-state index contributed by atoms with van der Waals surface area (Å²) in [5.41, 5.74) is 0.767. The molecule has 0 aliphatic heterocycles. The maximum absolute atomic E-state index is 11.7. The average molecular weight is 330 g/mol. The first-order valence-corrected chi connectivity index (χ1v) is 6.91. The van der Waals surface area contributed by atoms with Gasteiger partial charge in [0.25, 0.3) is 0 Å². The van der Waals surface area contributed by atoms with E-state index in [1.54, 1.807) is 24.3 Å². The fourth-order valence-corrected chi connectivity index (χ4v) is 1.99. The summed E-state index contributed by atoms with van der Waals surface area (Å²) in [5, 5.41) is 17.9. The highest BCUT2D eigenvalue weighted by Crippen LogP contribution is 2.22. The highest BCUT2D eigenvalue weighted by Gasteiger charge is 2.28. The second-order valence-corrected chi connectivity index (χ2v) is 4.81. The Labute approximate surface area is 137 Å². The molecule has 0 fully saturated rings. The van der Waals surface area contributed by atoms with Gasteiger partial charge in [0.2, 0.25) is 0 Å². The zero-order chi connectivity index (χ0) is 17.5. The molecule has 0 aliphatic carbocycles. The summed E-state index contributed by atoms with van der Waals surface area (Å²) in [5.74, 6) is -4.76. The summed E-state index contributed by atoms with van der Waals surface area (Å²) in [4.78, 5) is 33.7. The number of aliphatic carboxylic acids is 2. The van der Waals surface area contributed by atoms with Crippen LogP contribution in [0.1, 0.15) is 17.0 Å². The Hall–Kier alpha value is -3.35. The zero-order valence-corrected chi connectivity index (χ0v) is 12.4. The van der Waals surface area contributed by atoms with Crippen molar-refractivity contribution in [2.24, 2.45) is 0 Å². The highest BCUT2D eigenvalue weighted by molar-refractivity contribution is 5.99. The Morgan fingerprint density at radius 3 is 2.21 bits per heavy atom. The molecule has 0 atom stereocenters. The van der Waals surface area contributed by atoms with Crippen LogP contribution in [0.2, 0.25) is 0 Å². The summed E-state index contributed by atoms with van der Waals surface area (Å²) >= 11 is 0. The van der Waals surface area contributed by atoms with E-state index in [0.29, 0.717) is 0 Å². The number of carbonyl (C=O) groups excluding carboxylic acids is 1. The minimum atomic E-state index is -1.74. The van der Waals surface area contributed by atoms with Crippen molar-refractivity contribution in [2.45, 2.75) is 12.5 Å². The lowest BCUT2D eigenvalue weighted by atomic mass is 9.99. The first-order valence-electron chi connectivity index (χ1n) is 6.91. The molecule has 0 bridgehead atoms. The topological polar surface area (TPSA) is 110 Å². The molecular formula is C17H14O7. The maximum Gasteiger partial charge on any atom is 0.514 e. The van der Waals surface area contributed by atoms with Crippen molar-refractivity contribution in [2.75, 3.05) is 0 Å². The van der Waals surface area contributed by atoms with Gasteiger partial charge in [-0.2, -0.15) is 0 Å². The van der Waals surface area contributed by atoms with E-state index in [9.17, 15) is 14.4 Å². The van der Waals surface area contributed by atoms with E-state index in [1.165, 1.54) is 24.3 Å². The van der Waals surface area contributed by atoms with Crippen LogP contribution < -0.4 is 4.74 Å². The zero-order valence-electron chi connectivity index (χ0n) is 12.4. The van der Waals surface area contributed by atoms with E-state index >= 15 is 0 Å². The van der Waals surface area contributed by atoms with Gasteiger partial charge in [-0.1, -0.05) is 42.5 Å². The Bertz CT molecular complexity index is 726. The lowest BCUT2D eigenvalue weighted by Crippen LogP contribution is -2.21. The third-order valence-electron chi connectivity index (χ3n) is 3.09. The average Bonchev–Trinajstić information content (AvgIpc) is 2.53. The van der Waals surface area contributed by atoms with E-state index in [0.717, 1.165) is 5.56 Å². The lowest BCUT2D eigenvalue weighted by Gasteiger charge is -2.10. The molecular weight excluding hydrogens is 316 g/mol. The van der Waals surface area contributed by atoms with Crippen molar-refractivity contribution < 1.29 is 34.1 Å². The standard InChI is InChI=1S/C17H14O7/c18-15(19)14(16(20)21)12-7-4-8-13(9-12)24-17(22)23-10-11-5-2-1-3-6-11/h1-9,14H,10H2,(H,18,19)(H,20,21). The van der Waals surface area contributed by atoms with Crippen LogP contribution in [-0.4, -0.2) is 28.3 Å². The van der Waals surface area contributed by atoms with Crippen molar-refractivity contribution in [1.82, 2.24) is 0 Å². The Morgan fingerprint density at radius 2 is 1.58 bits per heavy atom. The van der Waals surface area contributed by atoms with Gasteiger partial charge in [-0.15, -0.1) is 0 Å². The normalized spacial score (nSPS) is 10.2. The van der Waals surface area contributed by atoms with Crippen LogP contribution in [0.3, 0.4) is 0 Å². The van der Waals surface area contributed by atoms with E-state index in [1.807, 2.05) is 6.07 Å². The Balaban J connectivity index is 2.02. The molecule has 0 aliphatic rings. The van der Waals surface area contributed by atoms with Crippen molar-refractivity contribution in [3.8, 4) is 5.75 Å². The number of carbonyl (C=O) groups is 3. The summed E-state index contributed by atoms with van der Waals surface area (Å²) in [6.07, 6.45) is -0.974. The molecule has 0 saturated heterocycles. The van der Waals surface area contributed by atoms with Crippen molar-refractivity contribution in [3.63, 3.8) is 0 Å². The third kappa shape index (κ3) is 4.57. The molecule has 0 unspecified atom stereocenters. The van der Waals surface area contributed by atoms with Crippen LogP contribution in [0.15, 0.2) is 54.6 Å². The van der Waals surface area contributed by atoms with Gasteiger partial charge in [0.05, 0.1) is 0 Å². The third-order valence-corrected chi connectivity index (χ3v) is 3.09. The van der Waals surface area contributed by atoms with Crippen LogP contribution in [0.4, 0.5) is 4.79 Å². The van der Waals surface area contributed by atoms with Crippen molar-refractivity contribution >= 4 is 18.1 Å². The number of benzene rings is 2. The molecule has 0 spiro atoms. The van der Waals surface area contributed by atoms with Gasteiger partial charge in [0.1, 0.15) is 12.4 Å². The molecule has 0 aromatic heterocycles. The number of hydrogen-bond donors (Lipinski definition) is 2. The molecule has 2 rings (SSSR count). The largest absolute Gasteiger partial charge is 0.514 e. The summed E-state index contributed by atoms with van der Waals surface area (Å²) in [7, 11) is 0. The van der Waals surface area contributed by atoms with Crippen molar-refractivity contribution in [1.29, 1.82) is 0 Å². The maximum atomic E-state index is 11.7. The van der Waals surface area contributed by atoms with Crippen LogP contribution in [-0.2, 0) is 20.9 Å². The van der Waals surface area contributed by atoms with Crippen LogP contribution >= 0.6 is 0 Å². The number of carboxylic acid groups (broad SMARTS) is 2. The second-order valence-electron chi connectivity index (χ2n) is 4.81. The molecule has 7 nitrogen and oxygen atoms in total. The van der Waals surface area contributed by atoms with Gasteiger partial charge in [-0.05, 0) is 23.3 Å². The molecule has 2 N–H and O–H groups in total.